The number of amides is 1. The van der Waals surface area contributed by atoms with E-state index >= 15 is 0 Å². The molecule has 4 aromatic rings. The van der Waals surface area contributed by atoms with Crippen molar-refractivity contribution in [3.63, 3.8) is 0 Å². The smallest absolute Gasteiger partial charge is 0.278 e. The SMILES string of the molecule is O=C(Nc1ncn(Cc2ccc(F)cc2Cl)n1)c1ccn(COc2ccc(Br)cc2Cl)n1. The van der Waals surface area contributed by atoms with Crippen LogP contribution in [0.15, 0.2) is 59.5 Å². The molecule has 0 radical (unpaired) electrons. The zero-order valence-corrected chi connectivity index (χ0v) is 19.3. The van der Waals surface area contributed by atoms with Gasteiger partial charge in [0, 0.05) is 15.7 Å². The van der Waals surface area contributed by atoms with Gasteiger partial charge in [-0.05, 0) is 42.0 Å². The Kier molecular flexibility index (Phi) is 6.73. The maximum atomic E-state index is 13.2. The average molecular weight is 540 g/mol. The lowest BCUT2D eigenvalue weighted by atomic mass is 10.2. The highest BCUT2D eigenvalue weighted by Gasteiger charge is 2.13. The van der Waals surface area contributed by atoms with Gasteiger partial charge in [0.05, 0.1) is 11.6 Å². The quantitative estimate of drug-likeness (QED) is 0.356. The minimum Gasteiger partial charge on any atom is -0.470 e. The van der Waals surface area contributed by atoms with E-state index in [1.165, 1.54) is 33.9 Å². The van der Waals surface area contributed by atoms with Gasteiger partial charge in [0.15, 0.2) is 12.4 Å². The van der Waals surface area contributed by atoms with Gasteiger partial charge in [0.25, 0.3) is 5.91 Å². The van der Waals surface area contributed by atoms with E-state index in [4.69, 9.17) is 27.9 Å². The molecule has 0 unspecified atom stereocenters. The van der Waals surface area contributed by atoms with Crippen LogP contribution in [0.5, 0.6) is 5.75 Å². The Morgan fingerprint density at radius 1 is 1.09 bits per heavy atom. The summed E-state index contributed by atoms with van der Waals surface area (Å²) in [6.07, 6.45) is 3.04. The molecule has 0 fully saturated rings. The highest BCUT2D eigenvalue weighted by Crippen LogP contribution is 2.27. The number of nitrogens with zero attached hydrogens (tertiary/aromatic N) is 5. The van der Waals surface area contributed by atoms with E-state index in [0.29, 0.717) is 16.3 Å². The molecule has 2 heterocycles. The van der Waals surface area contributed by atoms with Crippen molar-refractivity contribution >= 4 is 51.0 Å². The van der Waals surface area contributed by atoms with Crippen molar-refractivity contribution in [2.75, 3.05) is 5.32 Å². The molecule has 0 bridgehead atoms. The van der Waals surface area contributed by atoms with Crippen molar-refractivity contribution in [2.45, 2.75) is 13.3 Å². The number of nitrogens with one attached hydrogen (secondary N) is 1. The van der Waals surface area contributed by atoms with Crippen LogP contribution in [-0.4, -0.2) is 30.5 Å². The molecule has 2 aromatic heterocycles. The Morgan fingerprint density at radius 3 is 2.72 bits per heavy atom. The standard InChI is InChI=1S/C20H14BrCl2FN6O2/c21-13-2-4-18(16(23)7-13)32-11-29-6-5-17(27-29)19(31)26-20-25-10-30(28-20)9-12-1-3-14(24)8-15(12)22/h1-8,10H,9,11H2,(H,26,28,31). The number of carbonyl (C=O) groups excluding carboxylic acids is 1. The van der Waals surface area contributed by atoms with Crippen LogP contribution >= 0.6 is 39.1 Å². The molecule has 12 heteroatoms. The highest BCUT2D eigenvalue weighted by molar-refractivity contribution is 9.10. The number of aromatic nitrogens is 5. The fourth-order valence-electron chi connectivity index (χ4n) is 2.70. The molecule has 0 aliphatic carbocycles. The molecule has 0 aliphatic heterocycles. The Balaban J connectivity index is 1.35. The molecular formula is C20H14BrCl2FN6O2. The van der Waals surface area contributed by atoms with Crippen LogP contribution in [0, 0.1) is 5.82 Å². The first-order chi connectivity index (χ1) is 15.4. The summed E-state index contributed by atoms with van der Waals surface area (Å²) in [5, 5.41) is 11.7. The molecule has 1 amide bonds. The van der Waals surface area contributed by atoms with Crippen LogP contribution in [0.1, 0.15) is 16.1 Å². The lowest BCUT2D eigenvalue weighted by Gasteiger charge is -2.08. The molecule has 4 rings (SSSR count). The number of benzene rings is 2. The number of anilines is 1. The number of hydrogen-bond acceptors (Lipinski definition) is 5. The van der Waals surface area contributed by atoms with E-state index in [1.807, 2.05) is 0 Å². The normalized spacial score (nSPS) is 10.9. The number of rotatable bonds is 7. The molecule has 0 atom stereocenters. The molecule has 0 aliphatic rings. The van der Waals surface area contributed by atoms with E-state index in [-0.39, 0.29) is 29.9 Å². The van der Waals surface area contributed by atoms with E-state index < -0.39 is 11.7 Å². The van der Waals surface area contributed by atoms with Crippen molar-refractivity contribution in [3.05, 3.63) is 86.6 Å². The van der Waals surface area contributed by atoms with Gasteiger partial charge in [0.2, 0.25) is 5.95 Å². The molecule has 2 aromatic carbocycles. The minimum atomic E-state index is -0.483. The second kappa shape index (κ2) is 9.68. The Bertz CT molecular complexity index is 1280. The van der Waals surface area contributed by atoms with Crippen molar-refractivity contribution in [1.29, 1.82) is 0 Å². The summed E-state index contributed by atoms with van der Waals surface area (Å²) in [7, 11) is 0. The van der Waals surface area contributed by atoms with Crippen LogP contribution in [0.4, 0.5) is 10.3 Å². The summed E-state index contributed by atoms with van der Waals surface area (Å²) in [6.45, 7) is 0.340. The number of carbonyl (C=O) groups is 1. The van der Waals surface area contributed by atoms with Crippen molar-refractivity contribution in [2.24, 2.45) is 0 Å². The lowest BCUT2D eigenvalue weighted by molar-refractivity contribution is 0.101. The van der Waals surface area contributed by atoms with Gasteiger partial charge in [-0.1, -0.05) is 45.2 Å². The zero-order chi connectivity index (χ0) is 22.7. The maximum Gasteiger partial charge on any atom is 0.278 e. The van der Waals surface area contributed by atoms with Crippen LogP contribution in [-0.2, 0) is 13.3 Å². The van der Waals surface area contributed by atoms with Crippen molar-refractivity contribution < 1.29 is 13.9 Å². The first kappa shape index (κ1) is 22.3. The second-order valence-electron chi connectivity index (χ2n) is 6.54. The Hall–Kier alpha value is -2.95. The molecule has 0 saturated heterocycles. The van der Waals surface area contributed by atoms with Gasteiger partial charge in [0.1, 0.15) is 17.9 Å². The fraction of sp³-hybridized carbons (Fsp3) is 0.100. The second-order valence-corrected chi connectivity index (χ2v) is 8.27. The van der Waals surface area contributed by atoms with Crippen LogP contribution in [0.3, 0.4) is 0 Å². The summed E-state index contributed by atoms with van der Waals surface area (Å²) in [6, 6.07) is 10.9. The fourth-order valence-corrected chi connectivity index (χ4v) is 3.66. The summed E-state index contributed by atoms with van der Waals surface area (Å²) in [5.74, 6) is -0.314. The molecule has 32 heavy (non-hydrogen) atoms. The lowest BCUT2D eigenvalue weighted by Crippen LogP contribution is -2.15. The van der Waals surface area contributed by atoms with Gasteiger partial charge < -0.3 is 4.74 Å². The monoisotopic (exact) mass is 538 g/mol. The molecule has 0 spiro atoms. The Morgan fingerprint density at radius 2 is 1.94 bits per heavy atom. The summed E-state index contributed by atoms with van der Waals surface area (Å²) >= 11 is 15.5. The van der Waals surface area contributed by atoms with Gasteiger partial charge in [-0.3, -0.25) is 10.1 Å². The van der Waals surface area contributed by atoms with E-state index in [9.17, 15) is 9.18 Å². The van der Waals surface area contributed by atoms with E-state index in [0.717, 1.165) is 4.47 Å². The van der Waals surface area contributed by atoms with Gasteiger partial charge in [-0.25, -0.2) is 18.7 Å². The predicted octanol–water partition coefficient (Wildman–Crippen LogP) is 5.02. The Labute approximate surface area is 200 Å². The third-order valence-corrected chi connectivity index (χ3v) is 5.37. The number of ether oxygens (including phenoxy) is 1. The van der Waals surface area contributed by atoms with Crippen LogP contribution in [0.25, 0.3) is 0 Å². The van der Waals surface area contributed by atoms with Gasteiger partial charge >= 0.3 is 0 Å². The van der Waals surface area contributed by atoms with Crippen molar-refractivity contribution in [1.82, 2.24) is 24.5 Å². The van der Waals surface area contributed by atoms with Gasteiger partial charge in [-0.2, -0.15) is 5.10 Å². The van der Waals surface area contributed by atoms with Crippen molar-refractivity contribution in [3.8, 4) is 5.75 Å². The summed E-state index contributed by atoms with van der Waals surface area (Å²) in [5.41, 5.74) is 0.828. The number of halogens is 4. The topological polar surface area (TPSA) is 86.9 Å². The molecule has 1 N–H and O–H groups in total. The third kappa shape index (κ3) is 5.45. The molecule has 0 saturated carbocycles. The summed E-state index contributed by atoms with van der Waals surface area (Å²) < 4.78 is 22.6. The number of hydrogen-bond donors (Lipinski definition) is 1. The van der Waals surface area contributed by atoms with E-state index in [2.05, 4.69) is 36.4 Å². The predicted molar refractivity (Wildman–Crippen MR) is 120 cm³/mol. The molecule has 164 valence electrons. The average Bonchev–Trinajstić information content (AvgIpc) is 3.39. The minimum absolute atomic E-state index is 0.0694. The first-order valence-corrected chi connectivity index (χ1v) is 10.7. The molecule has 8 nitrogen and oxygen atoms in total. The van der Waals surface area contributed by atoms with E-state index in [1.54, 1.807) is 30.5 Å². The first-order valence-electron chi connectivity index (χ1n) is 9.13. The third-order valence-electron chi connectivity index (χ3n) is 4.23. The van der Waals surface area contributed by atoms with Gasteiger partial charge in [-0.15, -0.1) is 5.10 Å². The van der Waals surface area contributed by atoms with Crippen LogP contribution < -0.4 is 10.1 Å². The molecular weight excluding hydrogens is 526 g/mol. The van der Waals surface area contributed by atoms with Crippen LogP contribution in [0.2, 0.25) is 10.0 Å². The zero-order valence-electron chi connectivity index (χ0n) is 16.2. The highest BCUT2D eigenvalue weighted by atomic mass is 79.9. The maximum absolute atomic E-state index is 13.2. The largest absolute Gasteiger partial charge is 0.470 e. The summed E-state index contributed by atoms with van der Waals surface area (Å²) in [4.78, 5) is 16.5.